The van der Waals surface area contributed by atoms with Crippen LogP contribution in [-0.4, -0.2) is 17.8 Å². The number of aliphatic hydroxyl groups excluding tert-OH is 1. The van der Waals surface area contributed by atoms with E-state index in [4.69, 9.17) is 0 Å². The van der Waals surface area contributed by atoms with Gasteiger partial charge in [0.25, 0.3) is 0 Å². The van der Waals surface area contributed by atoms with E-state index in [0.29, 0.717) is 6.54 Å². The smallest absolute Gasteiger partial charge is 0.0664 e. The summed E-state index contributed by atoms with van der Waals surface area (Å²) >= 11 is 0. The summed E-state index contributed by atoms with van der Waals surface area (Å²) in [5.74, 6) is 0. The maximum absolute atomic E-state index is 9.87. The largest absolute Gasteiger partial charge is 0.392 e. The topological polar surface area (TPSA) is 32.3 Å². The van der Waals surface area contributed by atoms with Crippen LogP contribution in [0.3, 0.4) is 0 Å². The third-order valence-electron chi connectivity index (χ3n) is 4.77. The van der Waals surface area contributed by atoms with Gasteiger partial charge in [-0.15, -0.1) is 0 Å². The molecule has 3 rings (SSSR count). The molecule has 2 N–H and O–H groups in total. The van der Waals surface area contributed by atoms with Gasteiger partial charge < -0.3 is 10.4 Å². The summed E-state index contributed by atoms with van der Waals surface area (Å²) in [5, 5.41) is 16.1. The monoisotopic (exact) mass is 297 g/mol. The van der Waals surface area contributed by atoms with E-state index in [-0.39, 0.29) is 6.10 Å². The van der Waals surface area contributed by atoms with E-state index in [9.17, 15) is 5.11 Å². The molecule has 118 valence electrons. The Morgan fingerprint density at radius 2 is 1.91 bits per heavy atom. The van der Waals surface area contributed by atoms with Gasteiger partial charge in [0.05, 0.1) is 6.10 Å². The van der Waals surface area contributed by atoms with Crippen LogP contribution >= 0.6 is 0 Å². The first-order valence-corrected chi connectivity index (χ1v) is 8.70. The van der Waals surface area contributed by atoms with E-state index in [1.165, 1.54) is 47.6 Å². The molecule has 0 saturated carbocycles. The molecular weight excluding hydrogens is 270 g/mol. The molecule has 2 heteroatoms. The minimum atomic E-state index is -0.228. The van der Waals surface area contributed by atoms with Crippen LogP contribution in [0.25, 0.3) is 10.8 Å². The van der Waals surface area contributed by atoms with Gasteiger partial charge in [-0.3, -0.25) is 0 Å². The first-order chi connectivity index (χ1) is 10.8. The van der Waals surface area contributed by atoms with Gasteiger partial charge in [-0.05, 0) is 59.6 Å². The van der Waals surface area contributed by atoms with Crippen molar-refractivity contribution in [2.24, 2.45) is 0 Å². The van der Waals surface area contributed by atoms with Gasteiger partial charge >= 0.3 is 0 Å². The highest BCUT2D eigenvalue weighted by molar-refractivity contribution is 5.90. The second-order valence-corrected chi connectivity index (χ2v) is 6.50. The zero-order valence-electron chi connectivity index (χ0n) is 13.6. The average molecular weight is 297 g/mol. The van der Waals surface area contributed by atoms with E-state index in [0.717, 1.165) is 19.4 Å². The van der Waals surface area contributed by atoms with Crippen LogP contribution in [0, 0.1) is 0 Å². The van der Waals surface area contributed by atoms with Crippen molar-refractivity contribution < 1.29 is 5.11 Å². The molecule has 0 heterocycles. The van der Waals surface area contributed by atoms with Gasteiger partial charge in [-0.25, -0.2) is 0 Å². The van der Waals surface area contributed by atoms with E-state index < -0.39 is 0 Å². The summed E-state index contributed by atoms with van der Waals surface area (Å²) in [7, 11) is 0. The molecule has 0 aromatic heterocycles. The first kappa shape index (κ1) is 15.5. The number of fused-ring (bicyclic) bond motifs is 3. The molecule has 0 saturated heterocycles. The summed E-state index contributed by atoms with van der Waals surface area (Å²) in [6.07, 6.45) is 6.74. The second-order valence-electron chi connectivity index (χ2n) is 6.50. The predicted octanol–water partition coefficient (Wildman–Crippen LogP) is 3.97. The standard InChI is InChI=1S/C20H27NO/c1-2-7-17(22)14-21-13-16-12-15-8-3-4-9-18(15)20-11-6-5-10-19(16)20/h5-6,10-12,17,21-22H,2-4,7-9,13-14H2,1H3. The SMILES string of the molecule is CCCC(O)CNCc1cc2c(c3ccccc13)CCCC2. The maximum atomic E-state index is 9.87. The Morgan fingerprint density at radius 1 is 1.14 bits per heavy atom. The lowest BCUT2D eigenvalue weighted by Crippen LogP contribution is -2.26. The van der Waals surface area contributed by atoms with Crippen molar-refractivity contribution in [3.05, 3.63) is 47.0 Å². The Bertz CT molecular complexity index is 635. The molecule has 0 amide bonds. The molecule has 1 unspecified atom stereocenters. The van der Waals surface area contributed by atoms with Crippen LogP contribution in [0.4, 0.5) is 0 Å². The third kappa shape index (κ3) is 3.34. The van der Waals surface area contributed by atoms with Gasteiger partial charge in [-0.1, -0.05) is 43.7 Å². The van der Waals surface area contributed by atoms with Gasteiger partial charge in [0.15, 0.2) is 0 Å². The normalized spacial score (nSPS) is 15.7. The molecule has 0 fully saturated rings. The first-order valence-electron chi connectivity index (χ1n) is 8.70. The van der Waals surface area contributed by atoms with E-state index in [2.05, 4.69) is 42.6 Å². The van der Waals surface area contributed by atoms with Crippen molar-refractivity contribution >= 4 is 10.8 Å². The van der Waals surface area contributed by atoms with Crippen molar-refractivity contribution in [2.75, 3.05) is 6.54 Å². The zero-order chi connectivity index (χ0) is 15.4. The molecule has 0 spiro atoms. The summed E-state index contributed by atoms with van der Waals surface area (Å²) in [5.41, 5.74) is 4.48. The minimum absolute atomic E-state index is 0.228. The predicted molar refractivity (Wildman–Crippen MR) is 93.2 cm³/mol. The van der Waals surface area contributed by atoms with Gasteiger partial charge in [0.1, 0.15) is 0 Å². The Hall–Kier alpha value is -1.38. The Balaban J connectivity index is 1.83. The number of aliphatic hydroxyl groups is 1. The molecule has 2 aromatic carbocycles. The van der Waals surface area contributed by atoms with Gasteiger partial charge in [0.2, 0.25) is 0 Å². The minimum Gasteiger partial charge on any atom is -0.392 e. The van der Waals surface area contributed by atoms with Crippen LogP contribution in [0.5, 0.6) is 0 Å². The quantitative estimate of drug-likeness (QED) is 0.845. The summed E-state index contributed by atoms with van der Waals surface area (Å²) in [6, 6.07) is 11.2. The van der Waals surface area contributed by atoms with Crippen molar-refractivity contribution in [1.82, 2.24) is 5.32 Å². The molecule has 1 atom stereocenters. The van der Waals surface area contributed by atoms with Crippen molar-refractivity contribution in [3.8, 4) is 0 Å². The zero-order valence-corrected chi connectivity index (χ0v) is 13.6. The number of nitrogens with one attached hydrogen (secondary N) is 1. The Kier molecular flexibility index (Phi) is 5.12. The molecule has 1 aliphatic carbocycles. The van der Waals surface area contributed by atoms with Crippen LogP contribution in [-0.2, 0) is 19.4 Å². The molecule has 1 aliphatic rings. The molecule has 0 radical (unpaired) electrons. The van der Waals surface area contributed by atoms with Gasteiger partial charge in [-0.2, -0.15) is 0 Å². The van der Waals surface area contributed by atoms with Crippen LogP contribution < -0.4 is 5.32 Å². The third-order valence-corrected chi connectivity index (χ3v) is 4.77. The summed E-state index contributed by atoms with van der Waals surface area (Å²) < 4.78 is 0. The highest BCUT2D eigenvalue weighted by Gasteiger charge is 2.15. The lowest BCUT2D eigenvalue weighted by molar-refractivity contribution is 0.160. The van der Waals surface area contributed by atoms with E-state index >= 15 is 0 Å². The fourth-order valence-electron chi connectivity index (χ4n) is 3.66. The lowest BCUT2D eigenvalue weighted by Gasteiger charge is -2.21. The molecule has 22 heavy (non-hydrogen) atoms. The molecule has 0 bridgehead atoms. The number of aryl methyl sites for hydroxylation is 2. The number of hydrogen-bond acceptors (Lipinski definition) is 2. The van der Waals surface area contributed by atoms with Crippen molar-refractivity contribution in [3.63, 3.8) is 0 Å². The van der Waals surface area contributed by atoms with Crippen molar-refractivity contribution in [1.29, 1.82) is 0 Å². The van der Waals surface area contributed by atoms with Crippen LogP contribution in [0.1, 0.15) is 49.3 Å². The highest BCUT2D eigenvalue weighted by Crippen LogP contribution is 2.31. The van der Waals surface area contributed by atoms with Crippen LogP contribution in [0.2, 0.25) is 0 Å². The second kappa shape index (κ2) is 7.26. The Morgan fingerprint density at radius 3 is 2.73 bits per heavy atom. The van der Waals surface area contributed by atoms with Gasteiger partial charge in [0, 0.05) is 13.1 Å². The Labute approximate surface area is 133 Å². The molecule has 2 aromatic rings. The highest BCUT2D eigenvalue weighted by atomic mass is 16.3. The number of benzene rings is 2. The van der Waals surface area contributed by atoms with E-state index in [1.807, 2.05) is 0 Å². The fourth-order valence-corrected chi connectivity index (χ4v) is 3.66. The lowest BCUT2D eigenvalue weighted by atomic mass is 9.85. The molecule has 2 nitrogen and oxygen atoms in total. The number of hydrogen-bond donors (Lipinski definition) is 2. The maximum Gasteiger partial charge on any atom is 0.0664 e. The molecule has 0 aliphatic heterocycles. The summed E-state index contributed by atoms with van der Waals surface area (Å²) in [4.78, 5) is 0. The average Bonchev–Trinajstić information content (AvgIpc) is 2.55. The summed E-state index contributed by atoms with van der Waals surface area (Å²) in [6.45, 7) is 3.63. The number of rotatable bonds is 6. The molecular formula is C20H27NO. The van der Waals surface area contributed by atoms with E-state index in [1.54, 1.807) is 5.56 Å². The van der Waals surface area contributed by atoms with Crippen molar-refractivity contribution in [2.45, 2.75) is 58.1 Å². The van der Waals surface area contributed by atoms with Crippen LogP contribution in [0.15, 0.2) is 30.3 Å². The fraction of sp³-hybridized carbons (Fsp3) is 0.500.